The van der Waals surface area contributed by atoms with E-state index in [-0.39, 0.29) is 31.4 Å². The smallest absolute Gasteiger partial charge is 0.238 e. The lowest BCUT2D eigenvalue weighted by molar-refractivity contribution is -0.117. The van der Waals surface area contributed by atoms with Crippen LogP contribution < -0.4 is 14.8 Å². The first-order valence-electron chi connectivity index (χ1n) is 8.73. The lowest BCUT2D eigenvalue weighted by Crippen LogP contribution is -2.40. The van der Waals surface area contributed by atoms with Crippen molar-refractivity contribution in [3.63, 3.8) is 0 Å². The van der Waals surface area contributed by atoms with Crippen LogP contribution in [0.4, 0.5) is 10.1 Å². The molecule has 2 N–H and O–H groups in total. The average Bonchev–Trinajstić information content (AvgIpc) is 2.67. The number of benzene rings is 2. The molecule has 1 atom stereocenters. The van der Waals surface area contributed by atoms with Crippen molar-refractivity contribution in [1.82, 2.24) is 4.90 Å². The molecule has 146 valence electrons. The molecule has 2 aromatic carbocycles. The summed E-state index contributed by atoms with van der Waals surface area (Å²) >= 11 is 0. The summed E-state index contributed by atoms with van der Waals surface area (Å²) in [5, 5.41) is 13.0. The number of hydrogen-bond acceptors (Lipinski definition) is 5. The molecular formula is C20H25FN2O4. The number of carbonyl (C=O) groups is 1. The van der Waals surface area contributed by atoms with Crippen molar-refractivity contribution >= 4 is 11.6 Å². The fourth-order valence-corrected chi connectivity index (χ4v) is 2.46. The highest BCUT2D eigenvalue weighted by atomic mass is 19.1. The fraction of sp³-hybridized carbons (Fsp3) is 0.350. The van der Waals surface area contributed by atoms with Gasteiger partial charge in [0.15, 0.2) is 0 Å². The van der Waals surface area contributed by atoms with Crippen molar-refractivity contribution < 1.29 is 23.8 Å². The van der Waals surface area contributed by atoms with Gasteiger partial charge in [0.2, 0.25) is 5.91 Å². The Morgan fingerprint density at radius 1 is 1.15 bits per heavy atom. The Bertz CT molecular complexity index is 707. The summed E-state index contributed by atoms with van der Waals surface area (Å²) in [5.41, 5.74) is 0.678. The monoisotopic (exact) mass is 376 g/mol. The standard InChI is InChI=1S/C20H25FN2O4/c1-3-23(12-17(24)14-27-19-8-4-15(21)5-9-19)13-20(25)22-16-6-10-18(26-2)11-7-16/h4-11,17,24H,3,12-14H2,1-2H3,(H,22,25). The molecule has 0 fully saturated rings. The van der Waals surface area contributed by atoms with E-state index in [9.17, 15) is 14.3 Å². The summed E-state index contributed by atoms with van der Waals surface area (Å²) in [6.45, 7) is 3.00. The summed E-state index contributed by atoms with van der Waals surface area (Å²) in [5.74, 6) is 0.680. The summed E-state index contributed by atoms with van der Waals surface area (Å²) < 4.78 is 23.4. The van der Waals surface area contributed by atoms with Crippen LogP contribution in [0.1, 0.15) is 6.92 Å². The van der Waals surface area contributed by atoms with Gasteiger partial charge in [0, 0.05) is 12.2 Å². The third-order valence-corrected chi connectivity index (χ3v) is 3.91. The minimum atomic E-state index is -0.774. The van der Waals surface area contributed by atoms with Gasteiger partial charge in [-0.25, -0.2) is 4.39 Å². The van der Waals surface area contributed by atoms with Crippen LogP contribution >= 0.6 is 0 Å². The molecule has 0 aliphatic heterocycles. The summed E-state index contributed by atoms with van der Waals surface area (Å²) in [6.07, 6.45) is -0.774. The number of ether oxygens (including phenoxy) is 2. The zero-order valence-electron chi connectivity index (χ0n) is 15.5. The van der Waals surface area contributed by atoms with Crippen LogP contribution in [0.2, 0.25) is 0 Å². The van der Waals surface area contributed by atoms with E-state index in [1.165, 1.54) is 24.3 Å². The molecule has 0 aliphatic carbocycles. The van der Waals surface area contributed by atoms with Crippen molar-refractivity contribution in [3.05, 3.63) is 54.3 Å². The van der Waals surface area contributed by atoms with Crippen LogP contribution in [-0.4, -0.2) is 55.4 Å². The number of nitrogens with zero attached hydrogens (tertiary/aromatic N) is 1. The highest BCUT2D eigenvalue weighted by Crippen LogP contribution is 2.15. The first-order valence-corrected chi connectivity index (χ1v) is 8.73. The maximum Gasteiger partial charge on any atom is 0.238 e. The highest BCUT2D eigenvalue weighted by Gasteiger charge is 2.15. The predicted octanol–water partition coefficient (Wildman–Crippen LogP) is 2.53. The van der Waals surface area contributed by atoms with E-state index < -0.39 is 6.10 Å². The minimum Gasteiger partial charge on any atom is -0.497 e. The molecule has 0 aromatic heterocycles. The third kappa shape index (κ3) is 7.24. The van der Waals surface area contributed by atoms with Gasteiger partial charge in [-0.2, -0.15) is 0 Å². The van der Waals surface area contributed by atoms with E-state index in [1.54, 1.807) is 31.4 Å². The molecule has 0 bridgehead atoms. The number of nitrogens with one attached hydrogen (secondary N) is 1. The van der Waals surface area contributed by atoms with E-state index in [2.05, 4.69) is 5.32 Å². The zero-order chi connectivity index (χ0) is 19.6. The molecule has 2 aromatic rings. The first kappa shape index (κ1) is 20.7. The van der Waals surface area contributed by atoms with E-state index >= 15 is 0 Å². The molecule has 7 heteroatoms. The highest BCUT2D eigenvalue weighted by molar-refractivity contribution is 5.92. The molecule has 2 rings (SSSR count). The first-order chi connectivity index (χ1) is 13.0. The van der Waals surface area contributed by atoms with Gasteiger partial charge >= 0.3 is 0 Å². The molecular weight excluding hydrogens is 351 g/mol. The predicted molar refractivity (Wildman–Crippen MR) is 102 cm³/mol. The van der Waals surface area contributed by atoms with Gasteiger partial charge in [-0.15, -0.1) is 0 Å². The Hall–Kier alpha value is -2.64. The van der Waals surface area contributed by atoms with Crippen LogP contribution in [0.25, 0.3) is 0 Å². The Labute approximate surface area is 158 Å². The number of likely N-dealkylation sites (N-methyl/N-ethyl adjacent to an activating group) is 1. The van der Waals surface area contributed by atoms with Gasteiger partial charge in [0.1, 0.15) is 30.0 Å². The topological polar surface area (TPSA) is 71.0 Å². The zero-order valence-corrected chi connectivity index (χ0v) is 15.5. The number of methoxy groups -OCH3 is 1. The molecule has 0 radical (unpaired) electrons. The minimum absolute atomic E-state index is 0.0578. The van der Waals surface area contributed by atoms with Crippen LogP contribution in [0.3, 0.4) is 0 Å². The van der Waals surface area contributed by atoms with Gasteiger partial charge < -0.3 is 19.9 Å². The quantitative estimate of drug-likeness (QED) is 0.667. The Kier molecular flexibility index (Phi) is 8.03. The average molecular weight is 376 g/mol. The molecule has 6 nitrogen and oxygen atoms in total. The molecule has 0 heterocycles. The number of amides is 1. The number of carbonyl (C=O) groups excluding carboxylic acids is 1. The molecule has 0 aliphatic rings. The molecule has 0 spiro atoms. The Morgan fingerprint density at radius 2 is 1.78 bits per heavy atom. The normalized spacial score (nSPS) is 11.9. The van der Waals surface area contributed by atoms with Gasteiger partial charge in [0.05, 0.1) is 13.7 Å². The lowest BCUT2D eigenvalue weighted by atomic mass is 10.3. The SMILES string of the molecule is CCN(CC(=O)Nc1ccc(OC)cc1)CC(O)COc1ccc(F)cc1. The number of aliphatic hydroxyl groups excluding tert-OH is 1. The molecule has 0 saturated carbocycles. The van der Waals surface area contributed by atoms with Crippen LogP contribution in [0.15, 0.2) is 48.5 Å². The van der Waals surface area contributed by atoms with Crippen molar-refractivity contribution in [1.29, 1.82) is 0 Å². The van der Waals surface area contributed by atoms with Crippen molar-refractivity contribution in [2.75, 3.05) is 38.7 Å². The van der Waals surface area contributed by atoms with Crippen LogP contribution in [0.5, 0.6) is 11.5 Å². The van der Waals surface area contributed by atoms with Crippen LogP contribution in [0, 0.1) is 5.82 Å². The lowest BCUT2D eigenvalue weighted by Gasteiger charge is -2.23. The van der Waals surface area contributed by atoms with E-state index in [4.69, 9.17) is 9.47 Å². The van der Waals surface area contributed by atoms with Gasteiger partial charge in [-0.05, 0) is 55.1 Å². The van der Waals surface area contributed by atoms with Gasteiger partial charge in [-0.1, -0.05) is 6.92 Å². The second kappa shape index (κ2) is 10.5. The Balaban J connectivity index is 1.77. The molecule has 1 unspecified atom stereocenters. The summed E-state index contributed by atoms with van der Waals surface area (Å²) in [7, 11) is 1.58. The maximum atomic E-state index is 12.9. The Morgan fingerprint density at radius 3 is 2.37 bits per heavy atom. The number of hydrogen-bond donors (Lipinski definition) is 2. The van der Waals surface area contributed by atoms with E-state index in [0.717, 1.165) is 0 Å². The number of rotatable bonds is 10. The molecule has 0 saturated heterocycles. The van der Waals surface area contributed by atoms with E-state index in [0.29, 0.717) is 23.7 Å². The summed E-state index contributed by atoms with van der Waals surface area (Å²) in [4.78, 5) is 14.0. The van der Waals surface area contributed by atoms with Crippen LogP contribution in [-0.2, 0) is 4.79 Å². The van der Waals surface area contributed by atoms with Gasteiger partial charge in [0.25, 0.3) is 0 Å². The van der Waals surface area contributed by atoms with E-state index in [1.807, 2.05) is 11.8 Å². The second-order valence-electron chi connectivity index (χ2n) is 6.02. The number of anilines is 1. The molecule has 1 amide bonds. The van der Waals surface area contributed by atoms with Crippen molar-refractivity contribution in [3.8, 4) is 11.5 Å². The second-order valence-corrected chi connectivity index (χ2v) is 6.02. The molecule has 27 heavy (non-hydrogen) atoms. The maximum absolute atomic E-state index is 12.9. The third-order valence-electron chi connectivity index (χ3n) is 3.91. The van der Waals surface area contributed by atoms with Crippen molar-refractivity contribution in [2.24, 2.45) is 0 Å². The summed E-state index contributed by atoms with van der Waals surface area (Å²) in [6, 6.07) is 12.7. The van der Waals surface area contributed by atoms with Crippen molar-refractivity contribution in [2.45, 2.75) is 13.0 Å². The number of aliphatic hydroxyl groups is 1. The van der Waals surface area contributed by atoms with Gasteiger partial charge in [-0.3, -0.25) is 9.69 Å². The fourth-order valence-electron chi connectivity index (χ4n) is 2.46. The number of halogens is 1. The largest absolute Gasteiger partial charge is 0.497 e.